The lowest BCUT2D eigenvalue weighted by molar-refractivity contribution is 0.141. The summed E-state index contributed by atoms with van der Waals surface area (Å²) >= 11 is 3.47. The SMILES string of the molecule is CCNC(CCCOCC)Cc1ccc(Br)cc1. The lowest BCUT2D eigenvalue weighted by Gasteiger charge is -2.18. The Morgan fingerprint density at radius 3 is 2.56 bits per heavy atom. The molecular weight excluding hydrogens is 290 g/mol. The van der Waals surface area contributed by atoms with E-state index in [4.69, 9.17) is 4.74 Å². The molecule has 0 aliphatic rings. The zero-order valence-corrected chi connectivity index (χ0v) is 13.0. The molecule has 0 aromatic heterocycles. The van der Waals surface area contributed by atoms with E-state index in [0.29, 0.717) is 6.04 Å². The second-order valence-corrected chi connectivity index (χ2v) is 5.34. The minimum absolute atomic E-state index is 0.552. The van der Waals surface area contributed by atoms with E-state index in [2.05, 4.69) is 52.4 Å². The molecule has 0 spiro atoms. The molecule has 1 atom stereocenters. The average Bonchev–Trinajstić information content (AvgIpc) is 2.37. The van der Waals surface area contributed by atoms with Gasteiger partial charge in [0.1, 0.15) is 0 Å². The molecule has 0 aliphatic carbocycles. The molecule has 3 heteroatoms. The molecule has 0 saturated carbocycles. The quantitative estimate of drug-likeness (QED) is 0.700. The van der Waals surface area contributed by atoms with Crippen molar-refractivity contribution < 1.29 is 4.74 Å². The lowest BCUT2D eigenvalue weighted by atomic mass is 10.0. The predicted octanol–water partition coefficient (Wildman–Crippen LogP) is 3.79. The van der Waals surface area contributed by atoms with Crippen molar-refractivity contribution in [1.82, 2.24) is 5.32 Å². The summed E-state index contributed by atoms with van der Waals surface area (Å²) in [5, 5.41) is 3.56. The number of hydrogen-bond donors (Lipinski definition) is 1. The van der Waals surface area contributed by atoms with Gasteiger partial charge in [0.25, 0.3) is 0 Å². The van der Waals surface area contributed by atoms with Gasteiger partial charge < -0.3 is 10.1 Å². The van der Waals surface area contributed by atoms with Crippen LogP contribution in [0.1, 0.15) is 32.3 Å². The summed E-state index contributed by atoms with van der Waals surface area (Å²) in [6.07, 6.45) is 3.39. The van der Waals surface area contributed by atoms with Gasteiger partial charge in [0, 0.05) is 23.7 Å². The van der Waals surface area contributed by atoms with Gasteiger partial charge in [-0.05, 0) is 50.4 Å². The Kier molecular flexibility index (Phi) is 8.31. The number of nitrogens with one attached hydrogen (secondary N) is 1. The van der Waals surface area contributed by atoms with Gasteiger partial charge >= 0.3 is 0 Å². The Balaban J connectivity index is 2.38. The topological polar surface area (TPSA) is 21.3 Å². The summed E-state index contributed by atoms with van der Waals surface area (Å²) in [7, 11) is 0. The van der Waals surface area contributed by atoms with Crippen LogP contribution >= 0.6 is 15.9 Å². The third kappa shape index (κ3) is 6.53. The van der Waals surface area contributed by atoms with Gasteiger partial charge in [0.15, 0.2) is 0 Å². The molecule has 2 nitrogen and oxygen atoms in total. The number of halogens is 1. The number of rotatable bonds is 9. The van der Waals surface area contributed by atoms with Gasteiger partial charge in [0.05, 0.1) is 0 Å². The highest BCUT2D eigenvalue weighted by atomic mass is 79.9. The Bertz CT molecular complexity index is 313. The zero-order chi connectivity index (χ0) is 13.2. The minimum Gasteiger partial charge on any atom is -0.382 e. The molecule has 1 aromatic rings. The summed E-state index contributed by atoms with van der Waals surface area (Å²) in [5.74, 6) is 0. The largest absolute Gasteiger partial charge is 0.382 e. The van der Waals surface area contributed by atoms with E-state index in [1.165, 1.54) is 12.0 Å². The normalized spacial score (nSPS) is 12.6. The summed E-state index contributed by atoms with van der Waals surface area (Å²) in [6, 6.07) is 9.15. The molecule has 1 aromatic carbocycles. The van der Waals surface area contributed by atoms with Crippen LogP contribution in [0.2, 0.25) is 0 Å². The van der Waals surface area contributed by atoms with Crippen molar-refractivity contribution >= 4 is 15.9 Å². The molecule has 0 bridgehead atoms. The van der Waals surface area contributed by atoms with Gasteiger partial charge in [-0.2, -0.15) is 0 Å². The molecule has 0 aliphatic heterocycles. The van der Waals surface area contributed by atoms with Crippen LogP contribution in [0.25, 0.3) is 0 Å². The monoisotopic (exact) mass is 313 g/mol. The molecule has 0 radical (unpaired) electrons. The van der Waals surface area contributed by atoms with Crippen LogP contribution in [0.15, 0.2) is 28.7 Å². The van der Waals surface area contributed by atoms with Crippen LogP contribution in [0.5, 0.6) is 0 Å². The molecule has 0 heterocycles. The van der Waals surface area contributed by atoms with E-state index in [9.17, 15) is 0 Å². The van der Waals surface area contributed by atoms with Crippen LogP contribution in [0, 0.1) is 0 Å². The second-order valence-electron chi connectivity index (χ2n) is 4.42. The smallest absolute Gasteiger partial charge is 0.0466 e. The highest BCUT2D eigenvalue weighted by molar-refractivity contribution is 9.10. The van der Waals surface area contributed by atoms with Gasteiger partial charge in [-0.25, -0.2) is 0 Å². The van der Waals surface area contributed by atoms with E-state index >= 15 is 0 Å². The molecule has 1 unspecified atom stereocenters. The first-order valence-corrected chi connectivity index (χ1v) is 7.61. The van der Waals surface area contributed by atoms with Crippen LogP contribution in [-0.2, 0) is 11.2 Å². The zero-order valence-electron chi connectivity index (χ0n) is 11.4. The molecule has 1 N–H and O–H groups in total. The maximum atomic E-state index is 5.39. The van der Waals surface area contributed by atoms with Crippen molar-refractivity contribution in [2.24, 2.45) is 0 Å². The van der Waals surface area contributed by atoms with Crippen LogP contribution in [0.4, 0.5) is 0 Å². The Morgan fingerprint density at radius 1 is 1.22 bits per heavy atom. The number of ether oxygens (including phenoxy) is 1. The van der Waals surface area contributed by atoms with Crippen LogP contribution < -0.4 is 5.32 Å². The second kappa shape index (κ2) is 9.54. The van der Waals surface area contributed by atoms with Crippen molar-refractivity contribution in [2.45, 2.75) is 39.2 Å². The van der Waals surface area contributed by atoms with Crippen molar-refractivity contribution in [3.8, 4) is 0 Å². The van der Waals surface area contributed by atoms with Gasteiger partial charge in [-0.1, -0.05) is 35.0 Å². The highest BCUT2D eigenvalue weighted by Crippen LogP contribution is 2.13. The van der Waals surface area contributed by atoms with E-state index in [0.717, 1.165) is 37.1 Å². The fraction of sp³-hybridized carbons (Fsp3) is 0.600. The van der Waals surface area contributed by atoms with Gasteiger partial charge in [-0.3, -0.25) is 0 Å². The first-order chi connectivity index (χ1) is 8.76. The first-order valence-electron chi connectivity index (χ1n) is 6.81. The fourth-order valence-electron chi connectivity index (χ4n) is 2.05. The standard InChI is InChI=1S/C15H24BrNO/c1-3-17-15(6-5-11-18-4-2)12-13-7-9-14(16)10-8-13/h7-10,15,17H,3-6,11-12H2,1-2H3. The average molecular weight is 314 g/mol. The molecule has 0 saturated heterocycles. The first kappa shape index (κ1) is 15.7. The van der Waals surface area contributed by atoms with E-state index < -0.39 is 0 Å². The van der Waals surface area contributed by atoms with Crippen LogP contribution in [-0.4, -0.2) is 25.8 Å². The van der Waals surface area contributed by atoms with Crippen molar-refractivity contribution in [3.63, 3.8) is 0 Å². The Hall–Kier alpha value is -0.380. The van der Waals surface area contributed by atoms with Crippen molar-refractivity contribution in [3.05, 3.63) is 34.3 Å². The minimum atomic E-state index is 0.552. The van der Waals surface area contributed by atoms with E-state index in [1.54, 1.807) is 0 Å². The van der Waals surface area contributed by atoms with E-state index in [1.807, 2.05) is 6.92 Å². The maximum absolute atomic E-state index is 5.39. The number of benzene rings is 1. The van der Waals surface area contributed by atoms with Gasteiger partial charge in [-0.15, -0.1) is 0 Å². The summed E-state index contributed by atoms with van der Waals surface area (Å²) in [5.41, 5.74) is 1.39. The molecule has 102 valence electrons. The third-order valence-electron chi connectivity index (χ3n) is 2.93. The summed E-state index contributed by atoms with van der Waals surface area (Å²) in [4.78, 5) is 0. The summed E-state index contributed by atoms with van der Waals surface area (Å²) < 4.78 is 6.54. The van der Waals surface area contributed by atoms with Crippen molar-refractivity contribution in [2.75, 3.05) is 19.8 Å². The third-order valence-corrected chi connectivity index (χ3v) is 3.46. The molecule has 1 rings (SSSR count). The Labute approximate surface area is 119 Å². The van der Waals surface area contributed by atoms with Crippen molar-refractivity contribution in [1.29, 1.82) is 0 Å². The molecule has 0 amide bonds. The molecule has 0 fully saturated rings. The number of likely N-dealkylation sites (N-methyl/N-ethyl adjacent to an activating group) is 1. The van der Waals surface area contributed by atoms with Gasteiger partial charge in [0.2, 0.25) is 0 Å². The van der Waals surface area contributed by atoms with Crippen LogP contribution in [0.3, 0.4) is 0 Å². The van der Waals surface area contributed by atoms with E-state index in [-0.39, 0.29) is 0 Å². The predicted molar refractivity (Wildman–Crippen MR) is 81.0 cm³/mol. The summed E-state index contributed by atoms with van der Waals surface area (Å²) in [6.45, 7) is 6.92. The molecular formula is C15H24BrNO. The highest BCUT2D eigenvalue weighted by Gasteiger charge is 2.08. The maximum Gasteiger partial charge on any atom is 0.0466 e. The lowest BCUT2D eigenvalue weighted by Crippen LogP contribution is -2.31. The number of hydrogen-bond acceptors (Lipinski definition) is 2. The fourth-order valence-corrected chi connectivity index (χ4v) is 2.31. The molecule has 18 heavy (non-hydrogen) atoms. The Morgan fingerprint density at radius 2 is 1.94 bits per heavy atom.